The molecule has 0 radical (unpaired) electrons. The molecule has 1 aliphatic rings. The number of nitrogens with zero attached hydrogens (tertiary/aromatic N) is 3. The lowest BCUT2D eigenvalue weighted by molar-refractivity contribution is -0.137. The quantitative estimate of drug-likeness (QED) is 0.511. The molecule has 0 bridgehead atoms. The standard InChI is InChI=1S/C21H18ClF3N4O3S2/c22-18-7-8-19(33-18)34(31,32)29-9-1-2-17(29)20(30)26-11-15-10-16(28-12-27-15)13-3-5-14(6-4-13)21(23,24)25/h3-8,10,12,17H,1-2,9,11H2,(H,26,30). The summed E-state index contributed by atoms with van der Waals surface area (Å²) in [6.45, 7) is 0.228. The molecule has 4 rings (SSSR count). The number of alkyl halides is 3. The minimum Gasteiger partial charge on any atom is -0.349 e. The third-order valence-corrected chi connectivity index (χ3v) is 8.90. The van der Waals surface area contributed by atoms with E-state index in [1.807, 2.05) is 0 Å². The molecule has 180 valence electrons. The van der Waals surface area contributed by atoms with E-state index in [-0.39, 0.29) is 17.3 Å². The van der Waals surface area contributed by atoms with Crippen LogP contribution in [-0.2, 0) is 27.5 Å². The molecule has 2 aromatic heterocycles. The number of aromatic nitrogens is 2. The lowest BCUT2D eigenvalue weighted by Crippen LogP contribution is -2.45. The summed E-state index contributed by atoms with van der Waals surface area (Å²) in [5, 5.41) is 2.70. The van der Waals surface area contributed by atoms with Gasteiger partial charge in [-0.05, 0) is 43.2 Å². The number of thiophene rings is 1. The van der Waals surface area contributed by atoms with E-state index in [1.165, 1.54) is 34.9 Å². The zero-order valence-corrected chi connectivity index (χ0v) is 19.8. The fraction of sp³-hybridized carbons (Fsp3) is 0.286. The average Bonchev–Trinajstić information content (AvgIpc) is 3.47. The minimum absolute atomic E-state index is 0.00417. The molecule has 0 saturated carbocycles. The molecule has 1 amide bonds. The van der Waals surface area contributed by atoms with Crippen LogP contribution in [0, 0.1) is 0 Å². The number of hydrogen-bond donors (Lipinski definition) is 1. The summed E-state index contributed by atoms with van der Waals surface area (Å²) >= 11 is 6.80. The molecule has 1 fully saturated rings. The topological polar surface area (TPSA) is 92.3 Å². The van der Waals surface area contributed by atoms with Crippen molar-refractivity contribution in [2.24, 2.45) is 0 Å². The molecule has 1 aromatic carbocycles. The molecule has 1 N–H and O–H groups in total. The van der Waals surface area contributed by atoms with E-state index in [2.05, 4.69) is 15.3 Å². The van der Waals surface area contributed by atoms with Crippen LogP contribution in [-0.4, -0.2) is 41.2 Å². The second-order valence-corrected chi connectivity index (χ2v) is 11.4. The van der Waals surface area contributed by atoms with E-state index in [0.29, 0.717) is 34.1 Å². The van der Waals surface area contributed by atoms with Gasteiger partial charge in [0.05, 0.1) is 27.8 Å². The van der Waals surface area contributed by atoms with Crippen molar-refractivity contribution in [3.8, 4) is 11.3 Å². The first kappa shape index (κ1) is 24.6. The first-order chi connectivity index (χ1) is 16.1. The average molecular weight is 531 g/mol. The van der Waals surface area contributed by atoms with Crippen molar-refractivity contribution in [3.05, 3.63) is 64.4 Å². The van der Waals surface area contributed by atoms with Crippen molar-refractivity contribution in [1.82, 2.24) is 19.6 Å². The number of hydrogen-bond acceptors (Lipinski definition) is 6. The normalized spacial score (nSPS) is 17.1. The summed E-state index contributed by atoms with van der Waals surface area (Å²) in [5.74, 6) is -0.460. The third-order valence-electron chi connectivity index (χ3n) is 5.29. The van der Waals surface area contributed by atoms with Crippen LogP contribution < -0.4 is 5.32 Å². The SMILES string of the molecule is O=C(NCc1cc(-c2ccc(C(F)(F)F)cc2)ncn1)C1CCCN1S(=O)(=O)c1ccc(Cl)s1. The number of rotatable bonds is 6. The Bertz CT molecular complexity index is 1300. The van der Waals surface area contributed by atoms with Gasteiger partial charge < -0.3 is 5.32 Å². The van der Waals surface area contributed by atoms with Crippen LogP contribution in [0.4, 0.5) is 13.2 Å². The number of halogens is 4. The summed E-state index contributed by atoms with van der Waals surface area (Å²) < 4.78 is 65.8. The van der Waals surface area contributed by atoms with Gasteiger partial charge in [-0.1, -0.05) is 23.7 Å². The van der Waals surface area contributed by atoms with E-state index in [0.717, 1.165) is 23.5 Å². The van der Waals surface area contributed by atoms with E-state index >= 15 is 0 Å². The zero-order chi connectivity index (χ0) is 24.5. The van der Waals surface area contributed by atoms with Gasteiger partial charge in [-0.25, -0.2) is 18.4 Å². The van der Waals surface area contributed by atoms with Crippen LogP contribution in [0.5, 0.6) is 0 Å². The van der Waals surface area contributed by atoms with Crippen molar-refractivity contribution in [1.29, 1.82) is 0 Å². The number of sulfonamides is 1. The lowest BCUT2D eigenvalue weighted by atomic mass is 10.1. The highest BCUT2D eigenvalue weighted by Gasteiger charge is 2.40. The van der Waals surface area contributed by atoms with Gasteiger partial charge in [0.15, 0.2) is 0 Å². The highest BCUT2D eigenvalue weighted by Crippen LogP contribution is 2.33. The molecule has 34 heavy (non-hydrogen) atoms. The first-order valence-corrected chi connectivity index (χ1v) is 12.7. The predicted molar refractivity (Wildman–Crippen MR) is 121 cm³/mol. The first-order valence-electron chi connectivity index (χ1n) is 10.1. The third kappa shape index (κ3) is 5.24. The monoisotopic (exact) mass is 530 g/mol. The maximum Gasteiger partial charge on any atom is 0.416 e. The van der Waals surface area contributed by atoms with Crippen LogP contribution in [0.2, 0.25) is 4.34 Å². The maximum absolute atomic E-state index is 12.9. The van der Waals surface area contributed by atoms with E-state index in [4.69, 9.17) is 11.6 Å². The number of benzene rings is 1. The fourth-order valence-electron chi connectivity index (χ4n) is 3.62. The van der Waals surface area contributed by atoms with Crippen LogP contribution in [0.1, 0.15) is 24.1 Å². The number of nitrogens with one attached hydrogen (secondary N) is 1. The summed E-state index contributed by atoms with van der Waals surface area (Å²) in [7, 11) is -3.85. The summed E-state index contributed by atoms with van der Waals surface area (Å²) in [6.07, 6.45) is -2.26. The molecule has 3 heterocycles. The van der Waals surface area contributed by atoms with Gasteiger partial charge in [0.1, 0.15) is 16.6 Å². The number of carbonyl (C=O) groups excluding carboxylic acids is 1. The molecule has 1 aliphatic heterocycles. The Morgan fingerprint density at radius 1 is 1.18 bits per heavy atom. The lowest BCUT2D eigenvalue weighted by Gasteiger charge is -2.22. The van der Waals surface area contributed by atoms with E-state index in [9.17, 15) is 26.4 Å². The molecule has 1 saturated heterocycles. The van der Waals surface area contributed by atoms with Gasteiger partial charge in [0.2, 0.25) is 5.91 Å². The summed E-state index contributed by atoms with van der Waals surface area (Å²) in [4.78, 5) is 21.0. The Hall–Kier alpha value is -2.54. The molecule has 7 nitrogen and oxygen atoms in total. The van der Waals surface area contributed by atoms with Gasteiger partial charge in [0, 0.05) is 12.1 Å². The summed E-state index contributed by atoms with van der Waals surface area (Å²) in [6, 6.07) is 8.16. The largest absolute Gasteiger partial charge is 0.416 e. The van der Waals surface area contributed by atoms with Crippen LogP contribution in [0.25, 0.3) is 11.3 Å². The summed E-state index contributed by atoms with van der Waals surface area (Å²) in [5.41, 5.74) is 0.521. The Morgan fingerprint density at radius 2 is 1.91 bits per heavy atom. The molecule has 3 aromatic rings. The van der Waals surface area contributed by atoms with Crippen LogP contribution in [0.3, 0.4) is 0 Å². The molecule has 1 atom stereocenters. The van der Waals surface area contributed by atoms with Crippen molar-refractivity contribution < 1.29 is 26.4 Å². The molecular weight excluding hydrogens is 513 g/mol. The number of carbonyl (C=O) groups is 1. The van der Waals surface area contributed by atoms with E-state index in [1.54, 1.807) is 6.07 Å². The Labute approximate surface area is 202 Å². The van der Waals surface area contributed by atoms with Gasteiger partial charge >= 0.3 is 6.18 Å². The maximum atomic E-state index is 12.9. The smallest absolute Gasteiger partial charge is 0.349 e. The Morgan fingerprint density at radius 3 is 2.56 bits per heavy atom. The second kappa shape index (κ2) is 9.61. The second-order valence-electron chi connectivity index (χ2n) is 7.52. The van der Waals surface area contributed by atoms with Gasteiger partial charge in [0.25, 0.3) is 10.0 Å². The van der Waals surface area contributed by atoms with Gasteiger partial charge in [-0.3, -0.25) is 4.79 Å². The zero-order valence-electron chi connectivity index (χ0n) is 17.4. The van der Waals surface area contributed by atoms with Crippen molar-refractivity contribution in [2.75, 3.05) is 6.54 Å². The molecule has 13 heteroatoms. The molecule has 1 unspecified atom stereocenters. The Balaban J connectivity index is 1.44. The van der Waals surface area contributed by atoms with Crippen LogP contribution >= 0.6 is 22.9 Å². The number of amides is 1. The molecule has 0 spiro atoms. The van der Waals surface area contributed by atoms with Gasteiger partial charge in [-0.2, -0.15) is 17.5 Å². The van der Waals surface area contributed by atoms with Crippen molar-refractivity contribution in [3.63, 3.8) is 0 Å². The minimum atomic E-state index is -4.43. The highest BCUT2D eigenvalue weighted by molar-refractivity contribution is 7.91. The highest BCUT2D eigenvalue weighted by atomic mass is 35.5. The predicted octanol–water partition coefficient (Wildman–Crippen LogP) is 4.35. The van der Waals surface area contributed by atoms with E-state index < -0.39 is 33.7 Å². The van der Waals surface area contributed by atoms with Crippen molar-refractivity contribution in [2.45, 2.75) is 35.8 Å². The van der Waals surface area contributed by atoms with Crippen molar-refractivity contribution >= 4 is 38.9 Å². The fourth-order valence-corrected chi connectivity index (χ4v) is 6.89. The Kier molecular flexibility index (Phi) is 6.94. The van der Waals surface area contributed by atoms with Gasteiger partial charge in [-0.15, -0.1) is 11.3 Å². The molecule has 0 aliphatic carbocycles. The molecular formula is C21H18ClF3N4O3S2. The van der Waals surface area contributed by atoms with Crippen LogP contribution in [0.15, 0.2) is 53.0 Å².